The summed E-state index contributed by atoms with van der Waals surface area (Å²) in [6.07, 6.45) is 5.07. The SMILES string of the molecule is CCC1CCC(NC(C)c2ccc(OC)c(F)c2)C1. The summed E-state index contributed by atoms with van der Waals surface area (Å²) in [5, 5.41) is 3.62. The van der Waals surface area contributed by atoms with E-state index in [0.29, 0.717) is 11.8 Å². The van der Waals surface area contributed by atoms with Gasteiger partial charge in [0.1, 0.15) is 0 Å². The molecule has 19 heavy (non-hydrogen) atoms. The van der Waals surface area contributed by atoms with Crippen LogP contribution in [0.5, 0.6) is 5.75 Å². The molecule has 0 bridgehead atoms. The highest BCUT2D eigenvalue weighted by molar-refractivity contribution is 5.30. The Balaban J connectivity index is 1.96. The van der Waals surface area contributed by atoms with E-state index >= 15 is 0 Å². The lowest BCUT2D eigenvalue weighted by Crippen LogP contribution is -2.29. The Bertz CT molecular complexity index is 421. The van der Waals surface area contributed by atoms with Gasteiger partial charge in [-0.25, -0.2) is 4.39 Å². The van der Waals surface area contributed by atoms with Crippen LogP contribution in [0.1, 0.15) is 51.1 Å². The maximum absolute atomic E-state index is 13.7. The quantitative estimate of drug-likeness (QED) is 0.866. The first-order valence-corrected chi connectivity index (χ1v) is 7.23. The van der Waals surface area contributed by atoms with Crippen molar-refractivity contribution in [2.75, 3.05) is 7.11 Å². The van der Waals surface area contributed by atoms with Crippen molar-refractivity contribution in [1.29, 1.82) is 0 Å². The molecule has 0 heterocycles. The van der Waals surface area contributed by atoms with Crippen LogP contribution < -0.4 is 10.1 Å². The van der Waals surface area contributed by atoms with Crippen LogP contribution in [-0.4, -0.2) is 13.2 Å². The van der Waals surface area contributed by atoms with Gasteiger partial charge in [-0.2, -0.15) is 0 Å². The summed E-state index contributed by atoms with van der Waals surface area (Å²) >= 11 is 0. The second-order valence-electron chi connectivity index (χ2n) is 5.57. The third kappa shape index (κ3) is 3.47. The van der Waals surface area contributed by atoms with Gasteiger partial charge in [0.2, 0.25) is 0 Å². The lowest BCUT2D eigenvalue weighted by molar-refractivity contribution is 0.384. The fraction of sp³-hybridized carbons (Fsp3) is 0.625. The van der Waals surface area contributed by atoms with Gasteiger partial charge in [-0.05, 0) is 49.8 Å². The Morgan fingerprint density at radius 1 is 1.42 bits per heavy atom. The van der Waals surface area contributed by atoms with E-state index in [1.165, 1.54) is 32.8 Å². The Hall–Kier alpha value is -1.09. The monoisotopic (exact) mass is 265 g/mol. The van der Waals surface area contributed by atoms with E-state index in [9.17, 15) is 4.39 Å². The lowest BCUT2D eigenvalue weighted by Gasteiger charge is -2.20. The molecule has 1 aromatic carbocycles. The molecule has 0 aromatic heterocycles. The Labute approximate surface area is 115 Å². The van der Waals surface area contributed by atoms with Crippen molar-refractivity contribution in [2.24, 2.45) is 5.92 Å². The molecular weight excluding hydrogens is 241 g/mol. The van der Waals surface area contributed by atoms with Crippen molar-refractivity contribution < 1.29 is 9.13 Å². The standard InChI is InChI=1S/C16H24FNO/c1-4-12-5-7-14(9-12)18-11(2)13-6-8-16(19-3)15(17)10-13/h6,8,10-12,14,18H,4-5,7,9H2,1-3H3. The Morgan fingerprint density at radius 3 is 2.79 bits per heavy atom. The minimum atomic E-state index is -0.286. The van der Waals surface area contributed by atoms with Gasteiger partial charge < -0.3 is 10.1 Å². The van der Waals surface area contributed by atoms with Gasteiger partial charge in [0.25, 0.3) is 0 Å². The molecule has 0 saturated heterocycles. The van der Waals surface area contributed by atoms with Crippen molar-refractivity contribution >= 4 is 0 Å². The number of hydrogen-bond acceptors (Lipinski definition) is 2. The fourth-order valence-corrected chi connectivity index (χ4v) is 3.00. The van der Waals surface area contributed by atoms with Gasteiger partial charge in [0.05, 0.1) is 7.11 Å². The number of ether oxygens (including phenoxy) is 1. The first-order chi connectivity index (χ1) is 9.13. The maximum atomic E-state index is 13.7. The molecule has 1 aliphatic rings. The molecule has 0 radical (unpaired) electrons. The van der Waals surface area contributed by atoms with Gasteiger partial charge in [-0.15, -0.1) is 0 Å². The molecule has 1 aromatic rings. The first kappa shape index (κ1) is 14.3. The van der Waals surface area contributed by atoms with Crippen LogP contribution in [0.15, 0.2) is 18.2 Å². The van der Waals surface area contributed by atoms with Gasteiger partial charge in [0.15, 0.2) is 11.6 Å². The van der Waals surface area contributed by atoms with E-state index in [2.05, 4.69) is 19.2 Å². The summed E-state index contributed by atoms with van der Waals surface area (Å²) in [6, 6.07) is 5.96. The summed E-state index contributed by atoms with van der Waals surface area (Å²) < 4.78 is 18.6. The van der Waals surface area contributed by atoms with Crippen LogP contribution in [0.4, 0.5) is 4.39 Å². The van der Waals surface area contributed by atoms with Crippen LogP contribution in [0.25, 0.3) is 0 Å². The number of methoxy groups -OCH3 is 1. The van der Waals surface area contributed by atoms with Gasteiger partial charge in [-0.3, -0.25) is 0 Å². The van der Waals surface area contributed by atoms with Gasteiger partial charge in [0, 0.05) is 12.1 Å². The zero-order valence-corrected chi connectivity index (χ0v) is 12.1. The summed E-state index contributed by atoms with van der Waals surface area (Å²) in [5.74, 6) is 0.881. The van der Waals surface area contributed by atoms with E-state index in [1.54, 1.807) is 12.1 Å². The van der Waals surface area contributed by atoms with Crippen molar-refractivity contribution in [2.45, 2.75) is 51.6 Å². The third-order valence-corrected chi connectivity index (χ3v) is 4.28. The molecule has 0 aliphatic heterocycles. The van der Waals surface area contributed by atoms with Crippen LogP contribution in [0.2, 0.25) is 0 Å². The normalized spacial score (nSPS) is 24.4. The minimum Gasteiger partial charge on any atom is -0.494 e. The molecule has 2 nitrogen and oxygen atoms in total. The third-order valence-electron chi connectivity index (χ3n) is 4.28. The highest BCUT2D eigenvalue weighted by Crippen LogP contribution is 2.30. The zero-order chi connectivity index (χ0) is 13.8. The average molecular weight is 265 g/mol. The van der Waals surface area contributed by atoms with Crippen molar-refractivity contribution in [1.82, 2.24) is 5.32 Å². The van der Waals surface area contributed by atoms with Crippen LogP contribution in [0, 0.1) is 11.7 Å². The first-order valence-electron chi connectivity index (χ1n) is 7.23. The van der Waals surface area contributed by atoms with E-state index < -0.39 is 0 Å². The largest absolute Gasteiger partial charge is 0.494 e. The molecule has 1 N–H and O–H groups in total. The smallest absolute Gasteiger partial charge is 0.165 e. The summed E-state index contributed by atoms with van der Waals surface area (Å²) in [5.41, 5.74) is 0.984. The minimum absolute atomic E-state index is 0.181. The predicted octanol–water partition coefficient (Wildman–Crippen LogP) is 4.06. The molecule has 1 fully saturated rings. The van der Waals surface area contributed by atoms with E-state index in [4.69, 9.17) is 4.74 Å². The van der Waals surface area contributed by atoms with E-state index in [-0.39, 0.29) is 11.9 Å². The molecule has 1 saturated carbocycles. The maximum Gasteiger partial charge on any atom is 0.165 e. The molecule has 3 heteroatoms. The predicted molar refractivity (Wildman–Crippen MR) is 75.9 cm³/mol. The number of nitrogens with one attached hydrogen (secondary N) is 1. The van der Waals surface area contributed by atoms with Crippen LogP contribution in [0.3, 0.4) is 0 Å². The molecule has 2 rings (SSSR count). The second-order valence-corrected chi connectivity index (χ2v) is 5.57. The molecule has 0 amide bonds. The molecule has 3 unspecified atom stereocenters. The highest BCUT2D eigenvalue weighted by Gasteiger charge is 2.24. The average Bonchev–Trinajstić information content (AvgIpc) is 2.86. The number of hydrogen-bond donors (Lipinski definition) is 1. The number of benzene rings is 1. The summed E-state index contributed by atoms with van der Waals surface area (Å²) in [6.45, 7) is 4.36. The number of halogens is 1. The molecular formula is C16H24FNO. The van der Waals surface area contributed by atoms with Gasteiger partial charge >= 0.3 is 0 Å². The van der Waals surface area contributed by atoms with Crippen LogP contribution >= 0.6 is 0 Å². The number of rotatable bonds is 5. The van der Waals surface area contributed by atoms with Crippen LogP contribution in [-0.2, 0) is 0 Å². The fourth-order valence-electron chi connectivity index (χ4n) is 3.00. The summed E-state index contributed by atoms with van der Waals surface area (Å²) in [7, 11) is 1.49. The Morgan fingerprint density at radius 2 is 2.21 bits per heavy atom. The van der Waals surface area contributed by atoms with E-state index in [1.807, 2.05) is 6.07 Å². The van der Waals surface area contributed by atoms with Crippen molar-refractivity contribution in [3.8, 4) is 5.75 Å². The lowest BCUT2D eigenvalue weighted by atomic mass is 10.0. The Kier molecular flexibility index (Phi) is 4.81. The molecule has 1 aliphatic carbocycles. The summed E-state index contributed by atoms with van der Waals surface area (Å²) in [4.78, 5) is 0. The molecule has 106 valence electrons. The van der Waals surface area contributed by atoms with E-state index in [0.717, 1.165) is 11.5 Å². The van der Waals surface area contributed by atoms with Crippen molar-refractivity contribution in [3.63, 3.8) is 0 Å². The zero-order valence-electron chi connectivity index (χ0n) is 12.1. The second kappa shape index (κ2) is 6.38. The van der Waals surface area contributed by atoms with Gasteiger partial charge in [-0.1, -0.05) is 19.4 Å². The molecule has 0 spiro atoms. The topological polar surface area (TPSA) is 21.3 Å². The highest BCUT2D eigenvalue weighted by atomic mass is 19.1. The van der Waals surface area contributed by atoms with Crippen molar-refractivity contribution in [3.05, 3.63) is 29.6 Å². The molecule has 3 atom stereocenters.